The standard InChI is InChI=1S/C41H38N.C10H9N2.2C9H12N.2C8H9.2Cr/c1-28(2)32-22-13-23-33(29(3)4)38(32)27-39(36-21-11-10-19-34(36)30-15-6-5-7-16-30)41-26-14-25-40(42-41)37-24-12-18-31-17-8-9-20-35(31)37;1-11-10-7-6-8-4-2-3-5-9(8)12-10;2*1-8-6-4-5-7-9(8)10(2)3;2*1-7-5-3-4-6-8(7)2;;/h5-29,39H,1-4H3;2-7H,1H3;2*4-7H,1H2,2-3H3;2*3-6H,1H2,2H3;;/q6*-1;2*+2. The van der Waals surface area contributed by atoms with Crippen molar-refractivity contribution in [3.8, 4) is 22.4 Å². The molecule has 5 nitrogen and oxygen atoms in total. The Balaban J connectivity index is 0.000000246. The third-order valence-corrected chi connectivity index (χ3v) is 15.6. The Morgan fingerprint density at radius 3 is 1.34 bits per heavy atom. The van der Waals surface area contributed by atoms with Crippen LogP contribution in [0.15, 0.2) is 267 Å². The Hall–Kier alpha value is -9.17. The van der Waals surface area contributed by atoms with E-state index in [0.29, 0.717) is 11.8 Å². The van der Waals surface area contributed by atoms with Crippen molar-refractivity contribution in [3.63, 3.8) is 0 Å². The minimum Gasteiger partial charge on any atom is -0.469 e. The molecule has 468 valence electrons. The number of anilines is 2. The number of benzene rings is 10. The molecule has 0 amide bonds. The van der Waals surface area contributed by atoms with Crippen LogP contribution in [0.3, 0.4) is 0 Å². The second-order valence-electron chi connectivity index (χ2n) is 23.2. The summed E-state index contributed by atoms with van der Waals surface area (Å²) in [6.45, 7) is 28.7. The molecule has 0 aliphatic rings. The van der Waals surface area contributed by atoms with Gasteiger partial charge in [-0.25, -0.2) is 0 Å². The summed E-state index contributed by atoms with van der Waals surface area (Å²) in [5.74, 6) is 1.58. The predicted octanol–water partition coefficient (Wildman–Crippen LogP) is 22.3. The van der Waals surface area contributed by atoms with Gasteiger partial charge in [0.15, 0.2) is 0 Å². The maximum Gasteiger partial charge on any atom is 2.00 e. The van der Waals surface area contributed by atoms with Crippen molar-refractivity contribution in [3.05, 3.63) is 368 Å². The molecular weight excluding hydrogens is 1190 g/mol. The van der Waals surface area contributed by atoms with Crippen LogP contribution in [0.2, 0.25) is 0 Å². The van der Waals surface area contributed by atoms with Gasteiger partial charge in [0.05, 0.1) is 5.69 Å². The summed E-state index contributed by atoms with van der Waals surface area (Å²) in [5.41, 5.74) is 21.3. The van der Waals surface area contributed by atoms with E-state index in [1.54, 1.807) is 7.05 Å². The van der Waals surface area contributed by atoms with Gasteiger partial charge in [-0.2, -0.15) is 97.3 Å². The van der Waals surface area contributed by atoms with E-state index in [1.807, 2.05) is 137 Å². The Morgan fingerprint density at radius 1 is 0.391 bits per heavy atom. The number of fused-ring (bicyclic) bond motifs is 2. The zero-order valence-corrected chi connectivity index (χ0v) is 58.1. The number of aromatic nitrogens is 2. The molecule has 0 saturated heterocycles. The fourth-order valence-corrected chi connectivity index (χ4v) is 10.5. The van der Waals surface area contributed by atoms with Crippen molar-refractivity contribution in [1.29, 1.82) is 0 Å². The van der Waals surface area contributed by atoms with E-state index in [2.05, 4.69) is 253 Å². The topological polar surface area (TPSA) is 46.4 Å². The van der Waals surface area contributed by atoms with Crippen molar-refractivity contribution < 1.29 is 34.7 Å². The van der Waals surface area contributed by atoms with Gasteiger partial charge in [-0.05, 0) is 78.7 Å². The Morgan fingerprint density at radius 2 is 0.826 bits per heavy atom. The first-order chi connectivity index (χ1) is 43.4. The average molecular weight is 1280 g/mol. The van der Waals surface area contributed by atoms with E-state index >= 15 is 0 Å². The van der Waals surface area contributed by atoms with Gasteiger partial charge in [0.1, 0.15) is 0 Å². The number of hydrogen-bond donors (Lipinski definition) is 0. The van der Waals surface area contributed by atoms with Crippen LogP contribution in [0, 0.1) is 48.0 Å². The van der Waals surface area contributed by atoms with Crippen molar-refractivity contribution in [2.45, 2.75) is 59.3 Å². The van der Waals surface area contributed by atoms with Gasteiger partial charge in [-0.3, -0.25) is 4.98 Å². The fraction of sp³-hybridized carbons (Fsp3) is 0.165. The smallest absolute Gasteiger partial charge is 0.469 e. The number of pyridine rings is 2. The molecule has 12 aromatic rings. The maximum atomic E-state index is 5.42. The number of nitrogens with zero attached hydrogens (tertiary/aromatic N) is 5. The number of aryl methyl sites for hydroxylation is 2. The molecule has 0 N–H and O–H groups in total. The van der Waals surface area contributed by atoms with Gasteiger partial charge >= 0.3 is 34.7 Å². The summed E-state index contributed by atoms with van der Waals surface area (Å²) >= 11 is 0. The van der Waals surface area contributed by atoms with Gasteiger partial charge in [0.25, 0.3) is 0 Å². The molecule has 0 saturated carbocycles. The van der Waals surface area contributed by atoms with Crippen LogP contribution in [0.4, 0.5) is 17.2 Å². The quantitative estimate of drug-likeness (QED) is 0.121. The van der Waals surface area contributed by atoms with Gasteiger partial charge in [-0.1, -0.05) is 260 Å². The van der Waals surface area contributed by atoms with E-state index < -0.39 is 0 Å². The molecule has 1 unspecified atom stereocenters. The Bertz CT molecular complexity index is 3990. The molecule has 92 heavy (non-hydrogen) atoms. The molecule has 7 heteroatoms. The number of rotatable bonds is 11. The average Bonchev–Trinajstić information content (AvgIpc) is 0.865. The molecule has 2 aromatic heterocycles. The van der Waals surface area contributed by atoms with E-state index in [4.69, 9.17) is 4.98 Å². The largest absolute Gasteiger partial charge is 2.00 e. The summed E-state index contributed by atoms with van der Waals surface area (Å²) in [7, 11) is 9.82. The Kier molecular flexibility index (Phi) is 29.8. The van der Waals surface area contributed by atoms with Crippen molar-refractivity contribution in [1.82, 2.24) is 9.97 Å². The maximum absolute atomic E-state index is 5.42. The summed E-state index contributed by atoms with van der Waals surface area (Å²) in [6, 6.07) is 92.3. The van der Waals surface area contributed by atoms with Gasteiger partial charge in [0, 0.05) is 17.2 Å². The zero-order valence-electron chi connectivity index (χ0n) is 55.6. The Labute approximate surface area is 574 Å². The van der Waals surface area contributed by atoms with E-state index in [-0.39, 0.29) is 40.6 Å². The van der Waals surface area contributed by atoms with Crippen LogP contribution >= 0.6 is 0 Å². The first-order valence-electron chi connectivity index (χ1n) is 30.9. The van der Waals surface area contributed by atoms with Crippen LogP contribution in [0.25, 0.3) is 49.4 Å². The van der Waals surface area contributed by atoms with Crippen LogP contribution in [0.5, 0.6) is 0 Å². The van der Waals surface area contributed by atoms with Crippen LogP contribution < -0.4 is 9.80 Å². The molecule has 0 fully saturated rings. The molecule has 0 radical (unpaired) electrons. The van der Waals surface area contributed by atoms with Crippen molar-refractivity contribution in [2.24, 2.45) is 0 Å². The molecule has 2 heterocycles. The minimum atomic E-state index is -0.0336. The third kappa shape index (κ3) is 20.9. The van der Waals surface area contributed by atoms with Gasteiger partial charge < -0.3 is 20.1 Å². The summed E-state index contributed by atoms with van der Waals surface area (Å²) in [5, 5.41) is 7.62. The van der Waals surface area contributed by atoms with Gasteiger partial charge in [-0.15, -0.1) is 59.7 Å². The fourth-order valence-electron chi connectivity index (χ4n) is 10.5. The van der Waals surface area contributed by atoms with E-state index in [9.17, 15) is 0 Å². The molecular formula is C85H89Cr2N5-2. The van der Waals surface area contributed by atoms with Crippen molar-refractivity contribution >= 4 is 38.9 Å². The second kappa shape index (κ2) is 37.2. The summed E-state index contributed by atoms with van der Waals surface area (Å²) in [6.07, 6.45) is 2.49. The number of para-hydroxylation sites is 3. The third-order valence-electron chi connectivity index (χ3n) is 15.6. The molecule has 0 spiro atoms. The summed E-state index contributed by atoms with van der Waals surface area (Å²) < 4.78 is 0. The molecule has 0 bridgehead atoms. The molecule has 0 aliphatic carbocycles. The first-order valence-corrected chi connectivity index (χ1v) is 30.9. The molecule has 0 aliphatic heterocycles. The van der Waals surface area contributed by atoms with Crippen LogP contribution in [-0.4, -0.2) is 45.2 Å². The molecule has 12 rings (SSSR count). The SMILES string of the molecule is CC(C)c1cccc(C(C)C)c1[CH-]C(c1cccc(-c2cccc3ccccc23)n1)c1ccccc1-c1ccccc1.C[N-]c1ccc2ccccc2n1.[CH2-]c1ccccc1C.[CH2-]c1ccccc1C.[CH2-]c1ccccc1N(C)C.[CH2-]c1ccccc1N(C)C.[Cr+2].[Cr+2]. The monoisotopic (exact) mass is 1280 g/mol. The number of hydrogen-bond acceptors (Lipinski definition) is 4. The van der Waals surface area contributed by atoms with Crippen molar-refractivity contribution in [2.75, 3.05) is 45.0 Å². The van der Waals surface area contributed by atoms with Crippen LogP contribution in [0.1, 0.15) is 107 Å². The summed E-state index contributed by atoms with van der Waals surface area (Å²) in [4.78, 5) is 13.9. The van der Waals surface area contributed by atoms with Gasteiger partial charge in [0.2, 0.25) is 0 Å². The second-order valence-corrected chi connectivity index (χ2v) is 23.2. The minimum absolute atomic E-state index is 0. The van der Waals surface area contributed by atoms with Crippen LogP contribution in [-0.2, 0) is 34.7 Å². The molecule has 1 atom stereocenters. The first kappa shape index (κ1) is 73.6. The molecule has 10 aromatic carbocycles. The van der Waals surface area contributed by atoms with E-state index in [0.717, 1.165) is 55.9 Å². The predicted molar refractivity (Wildman–Crippen MR) is 391 cm³/mol. The normalized spacial score (nSPS) is 10.5. The zero-order chi connectivity index (χ0) is 64.5. The van der Waals surface area contributed by atoms with E-state index in [1.165, 1.54) is 66.7 Å².